The molecule has 1 rings (SSSR count). The normalized spacial score (nSPS) is 12.2. The highest BCUT2D eigenvalue weighted by Gasteiger charge is 2.12. The van der Waals surface area contributed by atoms with Gasteiger partial charge in [-0.1, -0.05) is 19.0 Å². The van der Waals surface area contributed by atoms with Gasteiger partial charge in [-0.05, 0) is 34.1 Å². The predicted octanol–water partition coefficient (Wildman–Crippen LogP) is 3.10. The van der Waals surface area contributed by atoms with Crippen LogP contribution in [0.15, 0.2) is 9.52 Å². The van der Waals surface area contributed by atoms with E-state index in [1.807, 2.05) is 0 Å². The molecule has 0 bridgehead atoms. The van der Waals surface area contributed by atoms with Crippen molar-refractivity contribution in [2.75, 3.05) is 13.1 Å². The second kappa shape index (κ2) is 10.0. The second-order valence-electron chi connectivity index (χ2n) is 6.44. The molecule has 7 heteroatoms. The Morgan fingerprint density at radius 3 is 2.50 bits per heavy atom. The molecule has 2 N–H and O–H groups in total. The van der Waals surface area contributed by atoms with Crippen LogP contribution in [0.25, 0.3) is 0 Å². The third-order valence-corrected chi connectivity index (χ3v) is 2.66. The molecule has 1 heterocycles. The maximum absolute atomic E-state index is 5.22. The number of hydrogen-bond donors (Lipinski definition) is 2. The van der Waals surface area contributed by atoms with Gasteiger partial charge < -0.3 is 15.2 Å². The van der Waals surface area contributed by atoms with Crippen molar-refractivity contribution in [1.29, 1.82) is 0 Å². The van der Waals surface area contributed by atoms with E-state index in [9.17, 15) is 0 Å². The van der Waals surface area contributed by atoms with Crippen molar-refractivity contribution in [1.82, 2.24) is 20.8 Å². The van der Waals surface area contributed by atoms with Crippen molar-refractivity contribution < 1.29 is 4.52 Å². The highest BCUT2D eigenvalue weighted by molar-refractivity contribution is 14.0. The average molecular weight is 423 g/mol. The van der Waals surface area contributed by atoms with Gasteiger partial charge in [0.25, 0.3) is 0 Å². The number of aliphatic imine (C=N–C) groups is 1. The minimum atomic E-state index is -0.000341. The van der Waals surface area contributed by atoms with Gasteiger partial charge in [-0.3, -0.25) is 4.99 Å². The lowest BCUT2D eigenvalue weighted by Gasteiger charge is -2.23. The van der Waals surface area contributed by atoms with Crippen LogP contribution in [0.5, 0.6) is 0 Å². The summed E-state index contributed by atoms with van der Waals surface area (Å²) in [5, 5.41) is 10.6. The van der Waals surface area contributed by atoms with Crippen molar-refractivity contribution in [2.45, 2.75) is 65.8 Å². The summed E-state index contributed by atoms with van der Waals surface area (Å²) in [5.74, 6) is 2.62. The van der Waals surface area contributed by atoms with Gasteiger partial charge in [-0.15, -0.1) is 24.0 Å². The first kappa shape index (κ1) is 21.1. The SMILES string of the molecule is CCNC(=NCCCc1nc(C(C)C)no1)NC(C)(C)C.I. The van der Waals surface area contributed by atoms with E-state index >= 15 is 0 Å². The number of aryl methyl sites for hydroxylation is 1. The lowest BCUT2D eigenvalue weighted by Crippen LogP contribution is -2.47. The molecular formula is C15H30IN5O. The van der Waals surface area contributed by atoms with E-state index in [0.717, 1.165) is 37.7 Å². The molecule has 0 aromatic carbocycles. The van der Waals surface area contributed by atoms with Crippen LogP contribution in [0.4, 0.5) is 0 Å². The summed E-state index contributed by atoms with van der Waals surface area (Å²) in [4.78, 5) is 8.93. The fourth-order valence-corrected chi connectivity index (χ4v) is 1.69. The molecule has 0 radical (unpaired) electrons. The third-order valence-electron chi connectivity index (χ3n) is 2.66. The van der Waals surface area contributed by atoms with Crippen LogP contribution in [0.1, 0.15) is 65.6 Å². The smallest absolute Gasteiger partial charge is 0.226 e. The Morgan fingerprint density at radius 2 is 2.00 bits per heavy atom. The Labute approximate surface area is 150 Å². The van der Waals surface area contributed by atoms with Crippen molar-refractivity contribution in [3.8, 4) is 0 Å². The fourth-order valence-electron chi connectivity index (χ4n) is 1.69. The van der Waals surface area contributed by atoms with E-state index < -0.39 is 0 Å². The molecule has 0 saturated heterocycles. The number of hydrogen-bond acceptors (Lipinski definition) is 4. The van der Waals surface area contributed by atoms with Crippen LogP contribution in [0.2, 0.25) is 0 Å². The molecule has 22 heavy (non-hydrogen) atoms. The van der Waals surface area contributed by atoms with E-state index in [-0.39, 0.29) is 29.5 Å². The van der Waals surface area contributed by atoms with Gasteiger partial charge in [0.05, 0.1) is 0 Å². The summed E-state index contributed by atoms with van der Waals surface area (Å²) in [6.45, 7) is 14.1. The number of aromatic nitrogens is 2. The van der Waals surface area contributed by atoms with E-state index in [1.165, 1.54) is 0 Å². The molecule has 0 aliphatic carbocycles. The summed E-state index contributed by atoms with van der Waals surface area (Å²) >= 11 is 0. The van der Waals surface area contributed by atoms with E-state index in [2.05, 4.69) is 67.3 Å². The van der Waals surface area contributed by atoms with Gasteiger partial charge in [-0.2, -0.15) is 4.98 Å². The summed E-state index contributed by atoms with van der Waals surface area (Å²) in [6, 6.07) is 0. The molecule has 0 aliphatic rings. The van der Waals surface area contributed by atoms with Crippen LogP contribution in [0.3, 0.4) is 0 Å². The van der Waals surface area contributed by atoms with Gasteiger partial charge in [0.1, 0.15) is 0 Å². The number of nitrogens with one attached hydrogen (secondary N) is 2. The van der Waals surface area contributed by atoms with Gasteiger partial charge in [0.2, 0.25) is 5.89 Å². The molecule has 0 spiro atoms. The minimum absolute atomic E-state index is 0. The highest BCUT2D eigenvalue weighted by atomic mass is 127. The molecule has 0 unspecified atom stereocenters. The maximum atomic E-state index is 5.22. The molecule has 0 atom stereocenters. The lowest BCUT2D eigenvalue weighted by molar-refractivity contribution is 0.369. The third kappa shape index (κ3) is 8.55. The molecular weight excluding hydrogens is 393 g/mol. The number of nitrogens with zero attached hydrogens (tertiary/aromatic N) is 3. The first-order valence-electron chi connectivity index (χ1n) is 7.70. The van der Waals surface area contributed by atoms with E-state index in [4.69, 9.17) is 4.52 Å². The van der Waals surface area contributed by atoms with Crippen LogP contribution in [-0.2, 0) is 6.42 Å². The zero-order valence-electron chi connectivity index (χ0n) is 14.6. The Morgan fingerprint density at radius 1 is 1.32 bits per heavy atom. The first-order chi connectivity index (χ1) is 9.81. The van der Waals surface area contributed by atoms with E-state index in [1.54, 1.807) is 0 Å². The lowest BCUT2D eigenvalue weighted by atomic mass is 10.1. The Kier molecular flexibility index (Phi) is 9.63. The largest absolute Gasteiger partial charge is 0.357 e. The van der Waals surface area contributed by atoms with Gasteiger partial charge in [0.15, 0.2) is 11.8 Å². The van der Waals surface area contributed by atoms with Gasteiger partial charge >= 0.3 is 0 Å². The number of halogens is 1. The molecule has 0 amide bonds. The Bertz CT molecular complexity index is 451. The number of rotatable bonds is 6. The summed E-state index contributed by atoms with van der Waals surface area (Å²) in [6.07, 6.45) is 1.65. The van der Waals surface area contributed by atoms with Crippen molar-refractivity contribution in [2.24, 2.45) is 4.99 Å². The van der Waals surface area contributed by atoms with E-state index in [0.29, 0.717) is 11.8 Å². The monoisotopic (exact) mass is 423 g/mol. The number of guanidine groups is 1. The molecule has 128 valence electrons. The van der Waals surface area contributed by atoms with Crippen molar-refractivity contribution in [3.63, 3.8) is 0 Å². The standard InChI is InChI=1S/C15H29N5O.HI/c1-7-16-14(19-15(4,5)6)17-10-8-9-12-18-13(11(2)3)20-21-12;/h11H,7-10H2,1-6H3,(H2,16,17,19);1H. The molecule has 1 aromatic rings. The van der Waals surface area contributed by atoms with Crippen LogP contribution >= 0.6 is 24.0 Å². The molecule has 0 saturated carbocycles. The van der Waals surface area contributed by atoms with Gasteiger partial charge in [0, 0.05) is 31.0 Å². The summed E-state index contributed by atoms with van der Waals surface area (Å²) in [5.41, 5.74) is -0.000341. The molecule has 0 fully saturated rings. The van der Waals surface area contributed by atoms with Gasteiger partial charge in [-0.25, -0.2) is 0 Å². The zero-order chi connectivity index (χ0) is 15.9. The highest BCUT2D eigenvalue weighted by Crippen LogP contribution is 2.10. The fraction of sp³-hybridized carbons (Fsp3) is 0.800. The summed E-state index contributed by atoms with van der Waals surface area (Å²) in [7, 11) is 0. The van der Waals surface area contributed by atoms with Crippen LogP contribution < -0.4 is 10.6 Å². The Hall–Kier alpha value is -0.860. The van der Waals surface area contributed by atoms with Crippen molar-refractivity contribution >= 4 is 29.9 Å². The average Bonchev–Trinajstić information content (AvgIpc) is 2.82. The molecule has 6 nitrogen and oxygen atoms in total. The van der Waals surface area contributed by atoms with Crippen molar-refractivity contribution in [3.05, 3.63) is 11.7 Å². The molecule has 1 aromatic heterocycles. The zero-order valence-corrected chi connectivity index (χ0v) is 16.9. The predicted molar refractivity (Wildman–Crippen MR) is 101 cm³/mol. The maximum Gasteiger partial charge on any atom is 0.226 e. The van der Waals surface area contributed by atoms with Crippen LogP contribution in [-0.4, -0.2) is 34.7 Å². The quantitative estimate of drug-likeness (QED) is 0.318. The molecule has 0 aliphatic heterocycles. The first-order valence-corrected chi connectivity index (χ1v) is 7.70. The summed E-state index contributed by atoms with van der Waals surface area (Å²) < 4.78 is 5.22. The minimum Gasteiger partial charge on any atom is -0.357 e. The van der Waals surface area contributed by atoms with Crippen LogP contribution in [0, 0.1) is 0 Å². The Balaban J connectivity index is 0.00000441. The second-order valence-corrected chi connectivity index (χ2v) is 6.44. The topological polar surface area (TPSA) is 75.3 Å².